The van der Waals surface area contributed by atoms with Crippen LogP contribution in [0.4, 0.5) is 9.59 Å². The van der Waals surface area contributed by atoms with Crippen molar-refractivity contribution in [1.29, 1.82) is 0 Å². The molecule has 2 N–H and O–H groups in total. The molecular weight excluding hydrogens is 336 g/mol. The predicted octanol–water partition coefficient (Wildman–Crippen LogP) is 2.67. The van der Waals surface area contributed by atoms with Gasteiger partial charge in [0, 0.05) is 13.1 Å². The fraction of sp³-hybridized carbons (Fsp3) is 0.579. The third kappa shape index (κ3) is 6.92. The summed E-state index contributed by atoms with van der Waals surface area (Å²) in [7, 11) is 0. The first-order valence-electron chi connectivity index (χ1n) is 8.86. The van der Waals surface area contributed by atoms with Crippen LogP contribution in [0.3, 0.4) is 0 Å². The zero-order chi connectivity index (χ0) is 19.2. The van der Waals surface area contributed by atoms with E-state index in [0.29, 0.717) is 12.8 Å². The van der Waals surface area contributed by atoms with E-state index in [9.17, 15) is 14.7 Å². The van der Waals surface area contributed by atoms with Crippen LogP contribution in [0.2, 0.25) is 0 Å². The molecule has 2 rings (SSSR count). The number of likely N-dealkylation sites (tertiary alicyclic amines) is 1. The molecule has 0 radical (unpaired) electrons. The Morgan fingerprint density at radius 2 is 1.88 bits per heavy atom. The summed E-state index contributed by atoms with van der Waals surface area (Å²) < 4.78 is 10.6. The van der Waals surface area contributed by atoms with E-state index in [1.807, 2.05) is 30.3 Å². The predicted molar refractivity (Wildman–Crippen MR) is 96.6 cm³/mol. The maximum Gasteiger partial charge on any atom is 0.410 e. The molecule has 1 aliphatic heterocycles. The maximum absolute atomic E-state index is 12.3. The Bertz CT molecular complexity index is 600. The fourth-order valence-corrected chi connectivity index (χ4v) is 2.70. The molecule has 7 heteroatoms. The van der Waals surface area contributed by atoms with Crippen molar-refractivity contribution < 1.29 is 24.2 Å². The third-order valence-corrected chi connectivity index (χ3v) is 3.91. The summed E-state index contributed by atoms with van der Waals surface area (Å²) in [6.07, 6.45) is -0.638. The number of β-amino-alcohol motifs (C(OH)–C–C–N with tert-alkyl or cyclic N) is 1. The number of aliphatic hydroxyl groups excluding tert-OH is 1. The van der Waals surface area contributed by atoms with E-state index in [2.05, 4.69) is 5.32 Å². The molecule has 0 spiro atoms. The first-order chi connectivity index (χ1) is 12.2. The van der Waals surface area contributed by atoms with Gasteiger partial charge in [0.1, 0.15) is 12.2 Å². The molecule has 0 saturated carbocycles. The Morgan fingerprint density at radius 3 is 2.54 bits per heavy atom. The van der Waals surface area contributed by atoms with Crippen LogP contribution in [-0.4, -0.2) is 53.0 Å². The second kappa shape index (κ2) is 8.89. The summed E-state index contributed by atoms with van der Waals surface area (Å²) in [6.45, 7) is 6.00. The van der Waals surface area contributed by atoms with Gasteiger partial charge in [-0.15, -0.1) is 0 Å². The highest BCUT2D eigenvalue weighted by Crippen LogP contribution is 2.16. The number of benzene rings is 1. The van der Waals surface area contributed by atoms with Gasteiger partial charge < -0.3 is 24.8 Å². The number of alkyl carbamates (subject to hydrolysis) is 1. The van der Waals surface area contributed by atoms with E-state index in [0.717, 1.165) is 5.56 Å². The van der Waals surface area contributed by atoms with Crippen molar-refractivity contribution in [3.05, 3.63) is 35.9 Å². The molecule has 7 nitrogen and oxygen atoms in total. The Morgan fingerprint density at radius 1 is 1.19 bits per heavy atom. The first kappa shape index (κ1) is 20.0. The topological polar surface area (TPSA) is 88.1 Å². The van der Waals surface area contributed by atoms with Crippen LogP contribution in [0, 0.1) is 0 Å². The zero-order valence-electron chi connectivity index (χ0n) is 15.6. The summed E-state index contributed by atoms with van der Waals surface area (Å²) in [5, 5.41) is 12.8. The van der Waals surface area contributed by atoms with Crippen LogP contribution >= 0.6 is 0 Å². The minimum Gasteiger partial charge on any atom is -0.445 e. The molecule has 1 aliphatic rings. The molecule has 0 bridgehead atoms. The van der Waals surface area contributed by atoms with Gasteiger partial charge in [-0.25, -0.2) is 9.59 Å². The molecule has 2 amide bonds. The maximum atomic E-state index is 12.3. The number of nitrogens with one attached hydrogen (secondary N) is 1. The van der Waals surface area contributed by atoms with Crippen LogP contribution in [0.1, 0.15) is 39.2 Å². The number of carbonyl (C=O) groups is 2. The van der Waals surface area contributed by atoms with E-state index in [4.69, 9.17) is 9.47 Å². The summed E-state index contributed by atoms with van der Waals surface area (Å²) >= 11 is 0. The van der Waals surface area contributed by atoms with Crippen molar-refractivity contribution in [2.45, 2.75) is 58.0 Å². The van der Waals surface area contributed by atoms with E-state index in [1.54, 1.807) is 20.8 Å². The molecule has 1 heterocycles. The van der Waals surface area contributed by atoms with Crippen LogP contribution in [0.5, 0.6) is 0 Å². The molecule has 1 fully saturated rings. The van der Waals surface area contributed by atoms with Crippen molar-refractivity contribution in [2.24, 2.45) is 0 Å². The fourth-order valence-electron chi connectivity index (χ4n) is 2.70. The number of ether oxygens (including phenoxy) is 2. The van der Waals surface area contributed by atoms with Gasteiger partial charge in [-0.2, -0.15) is 0 Å². The minimum absolute atomic E-state index is 0.178. The number of aliphatic hydroxyl groups is 1. The molecule has 144 valence electrons. The van der Waals surface area contributed by atoms with Gasteiger partial charge in [-0.05, 0) is 39.2 Å². The smallest absolute Gasteiger partial charge is 0.410 e. The summed E-state index contributed by atoms with van der Waals surface area (Å²) in [4.78, 5) is 25.8. The van der Waals surface area contributed by atoms with E-state index < -0.39 is 23.9 Å². The van der Waals surface area contributed by atoms with Crippen LogP contribution in [0.25, 0.3) is 0 Å². The molecule has 0 unspecified atom stereocenters. The third-order valence-electron chi connectivity index (χ3n) is 3.91. The van der Waals surface area contributed by atoms with Gasteiger partial charge in [0.15, 0.2) is 0 Å². The number of rotatable bonds is 3. The Hall–Kier alpha value is -2.28. The van der Waals surface area contributed by atoms with Crippen molar-refractivity contribution in [3.8, 4) is 0 Å². The van der Waals surface area contributed by atoms with E-state index in [-0.39, 0.29) is 25.7 Å². The van der Waals surface area contributed by atoms with Crippen LogP contribution in [0.15, 0.2) is 30.3 Å². The largest absolute Gasteiger partial charge is 0.445 e. The second-order valence-electron chi connectivity index (χ2n) is 7.52. The first-order valence-corrected chi connectivity index (χ1v) is 8.86. The lowest BCUT2D eigenvalue weighted by Gasteiger charge is -2.29. The van der Waals surface area contributed by atoms with Gasteiger partial charge in [-0.1, -0.05) is 30.3 Å². The molecule has 1 aromatic rings. The summed E-state index contributed by atoms with van der Waals surface area (Å²) in [5.74, 6) is 0. The lowest BCUT2D eigenvalue weighted by atomic mass is 10.1. The monoisotopic (exact) mass is 364 g/mol. The van der Waals surface area contributed by atoms with E-state index in [1.165, 1.54) is 4.90 Å². The number of carbonyl (C=O) groups excluding carboxylic acids is 2. The van der Waals surface area contributed by atoms with Gasteiger partial charge in [0.2, 0.25) is 0 Å². The average Bonchev–Trinajstić information content (AvgIpc) is 2.74. The average molecular weight is 364 g/mol. The van der Waals surface area contributed by atoms with Crippen molar-refractivity contribution in [3.63, 3.8) is 0 Å². The molecule has 26 heavy (non-hydrogen) atoms. The van der Waals surface area contributed by atoms with E-state index >= 15 is 0 Å². The minimum atomic E-state index is -0.644. The van der Waals surface area contributed by atoms with Crippen molar-refractivity contribution in [2.75, 3.05) is 13.1 Å². The molecule has 1 aromatic carbocycles. The van der Waals surface area contributed by atoms with Gasteiger partial charge in [0.25, 0.3) is 0 Å². The second-order valence-corrected chi connectivity index (χ2v) is 7.52. The standard InChI is InChI=1S/C19H28N2O5/c1-19(2,3)26-18(24)21-11-15(9-10-16(22)12-21)20-17(23)25-13-14-7-5-4-6-8-14/h4-8,15-16,22H,9-13H2,1-3H3,(H,20,23)/t15-,16+/m0/s1. The summed E-state index contributed by atoms with van der Waals surface area (Å²) in [5.41, 5.74) is 0.278. The Balaban J connectivity index is 1.88. The Kier molecular flexibility index (Phi) is 6.85. The highest BCUT2D eigenvalue weighted by atomic mass is 16.6. The number of amides is 2. The highest BCUT2D eigenvalue weighted by Gasteiger charge is 2.30. The lowest BCUT2D eigenvalue weighted by Crippen LogP contribution is -2.47. The van der Waals surface area contributed by atoms with Crippen molar-refractivity contribution in [1.82, 2.24) is 10.2 Å². The number of hydrogen-bond donors (Lipinski definition) is 2. The van der Waals surface area contributed by atoms with Gasteiger partial charge in [-0.3, -0.25) is 0 Å². The molecular formula is C19H28N2O5. The quantitative estimate of drug-likeness (QED) is 0.861. The van der Waals surface area contributed by atoms with Gasteiger partial charge in [0.05, 0.1) is 12.1 Å². The lowest BCUT2D eigenvalue weighted by molar-refractivity contribution is 0.0162. The Labute approximate surface area is 154 Å². The SMILES string of the molecule is CC(C)(C)OC(=O)N1C[C@H](O)CC[C@H](NC(=O)OCc2ccccc2)C1. The van der Waals surface area contributed by atoms with Gasteiger partial charge >= 0.3 is 12.2 Å². The summed E-state index contributed by atoms with van der Waals surface area (Å²) in [6, 6.07) is 9.09. The van der Waals surface area contributed by atoms with Crippen molar-refractivity contribution >= 4 is 12.2 Å². The highest BCUT2D eigenvalue weighted by molar-refractivity contribution is 5.69. The van der Waals surface area contributed by atoms with Crippen LogP contribution < -0.4 is 5.32 Å². The number of nitrogens with zero attached hydrogens (tertiary/aromatic N) is 1. The molecule has 1 saturated heterocycles. The molecule has 0 aliphatic carbocycles. The normalized spacial score (nSPS) is 20.8. The molecule has 0 aromatic heterocycles. The van der Waals surface area contributed by atoms with Crippen LogP contribution in [-0.2, 0) is 16.1 Å². The molecule has 2 atom stereocenters. The zero-order valence-corrected chi connectivity index (χ0v) is 15.6. The number of hydrogen-bond acceptors (Lipinski definition) is 5.